The van der Waals surface area contributed by atoms with E-state index in [1.165, 1.54) is 37.2 Å². The summed E-state index contributed by atoms with van der Waals surface area (Å²) in [4.78, 5) is -0.840. The Morgan fingerprint density at radius 2 is 1.64 bits per heavy atom. The normalized spacial score (nSPS) is 31.4. The second-order valence-corrected chi connectivity index (χ2v) is 15.6. The van der Waals surface area contributed by atoms with Gasteiger partial charge in [-0.05, 0) is 25.7 Å². The maximum absolute atomic E-state index is 4.91. The van der Waals surface area contributed by atoms with E-state index >= 15 is 0 Å². The van der Waals surface area contributed by atoms with Crippen molar-refractivity contribution in [3.8, 4) is 0 Å². The quantitative estimate of drug-likeness (QED) is 0.527. The zero-order chi connectivity index (χ0) is 7.73. The van der Waals surface area contributed by atoms with Gasteiger partial charge in [-0.25, -0.2) is 0 Å². The first-order valence-corrected chi connectivity index (χ1v) is 10.4. The van der Waals surface area contributed by atoms with Gasteiger partial charge in [0.05, 0.1) is 0 Å². The van der Waals surface area contributed by atoms with E-state index < -0.39 is 4.87 Å². The Kier molecular flexibility index (Phi) is 3.04. The van der Waals surface area contributed by atoms with Gasteiger partial charge in [0.25, 0.3) is 0 Å². The summed E-state index contributed by atoms with van der Waals surface area (Å²) in [5, 5.41) is 0. The van der Waals surface area contributed by atoms with Crippen molar-refractivity contribution in [2.45, 2.75) is 31.3 Å². The summed E-state index contributed by atoms with van der Waals surface area (Å²) < 4.78 is 0. The Bertz CT molecular complexity index is 139. The average molecular weight is 225 g/mol. The zero-order valence-electron chi connectivity index (χ0n) is 6.53. The smallest absolute Gasteiger partial charge is 0.0493 e. The maximum atomic E-state index is 4.91. The van der Waals surface area contributed by atoms with Gasteiger partial charge in [0.1, 0.15) is 5.66 Å². The molecule has 4 heteroatoms. The molecule has 1 aliphatic carbocycles. The molecule has 0 unspecified atom stereocenters. The molecular weight excluding hydrogens is 211 g/mol. The molecule has 1 saturated carbocycles. The minimum absolute atomic E-state index is 0.840. The van der Waals surface area contributed by atoms with Crippen LogP contribution in [0.25, 0.3) is 0 Å². The van der Waals surface area contributed by atoms with Crippen LogP contribution in [0, 0.1) is 0 Å². The lowest BCUT2D eigenvalue weighted by Crippen LogP contribution is -1.96. The van der Waals surface area contributed by atoms with E-state index in [4.69, 9.17) is 12.2 Å². The van der Waals surface area contributed by atoms with Crippen LogP contribution in [0.1, 0.15) is 25.7 Å². The number of hydrogen-bond acceptors (Lipinski definition) is 3. The van der Waals surface area contributed by atoms with Crippen LogP contribution in [-0.2, 0) is 0 Å². The second kappa shape index (κ2) is 3.69. The van der Waals surface area contributed by atoms with Gasteiger partial charge < -0.3 is 0 Å². The third-order valence-corrected chi connectivity index (χ3v) is 15.7. The van der Waals surface area contributed by atoms with Crippen molar-refractivity contribution in [1.29, 1.82) is 0 Å². The minimum atomic E-state index is -0.840. The van der Waals surface area contributed by atoms with Crippen LogP contribution in [0.5, 0.6) is 0 Å². The van der Waals surface area contributed by atoms with Gasteiger partial charge in [0.2, 0.25) is 0 Å². The summed E-state index contributed by atoms with van der Waals surface area (Å²) in [5.74, 6) is 2.72. The van der Waals surface area contributed by atoms with E-state index in [-0.39, 0.29) is 0 Å². The van der Waals surface area contributed by atoms with Gasteiger partial charge in [-0.1, -0.05) is 0 Å². The Balaban J connectivity index is 2.00. The highest BCUT2D eigenvalue weighted by Gasteiger charge is 2.50. The molecular formula is C7H14PS3+. The van der Waals surface area contributed by atoms with E-state index in [1.807, 2.05) is 0 Å². The molecule has 0 nitrogen and oxygen atoms in total. The molecule has 2 fully saturated rings. The maximum Gasteiger partial charge on any atom is 0.190 e. The molecule has 1 heterocycles. The largest absolute Gasteiger partial charge is 0.190 e. The SMILES string of the molecule is S[P+]1(C2CCCC2)SCCS1. The van der Waals surface area contributed by atoms with E-state index in [2.05, 4.69) is 22.8 Å². The monoisotopic (exact) mass is 225 g/mol. The van der Waals surface area contributed by atoms with Crippen LogP contribution in [0.15, 0.2) is 0 Å². The first-order chi connectivity index (χ1) is 5.31. The fourth-order valence-electron chi connectivity index (χ4n) is 1.81. The predicted octanol–water partition coefficient (Wildman–Crippen LogP) is 4.10. The molecule has 0 amide bonds. The first-order valence-electron chi connectivity index (χ1n) is 4.22. The molecule has 2 rings (SSSR count). The lowest BCUT2D eigenvalue weighted by Gasteiger charge is -2.17. The van der Waals surface area contributed by atoms with Crippen molar-refractivity contribution in [2.24, 2.45) is 0 Å². The molecule has 0 aromatic heterocycles. The van der Waals surface area contributed by atoms with Crippen LogP contribution in [0.3, 0.4) is 0 Å². The fourth-order valence-corrected chi connectivity index (χ4v) is 14.3. The van der Waals surface area contributed by atoms with Gasteiger partial charge in [-0.2, -0.15) is 0 Å². The van der Waals surface area contributed by atoms with Crippen molar-refractivity contribution in [3.05, 3.63) is 0 Å². The molecule has 0 atom stereocenters. The summed E-state index contributed by atoms with van der Waals surface area (Å²) >= 11 is 9.27. The molecule has 0 aromatic rings. The molecule has 2 aliphatic rings. The third kappa shape index (κ3) is 1.87. The molecule has 64 valence electrons. The standard InChI is InChI=1S/C7H14PS3/c9-8(10-5-6-11-8)7-3-1-2-4-7/h7,9H,1-6H2/q+1. The van der Waals surface area contributed by atoms with Gasteiger partial charge in [-0.15, -0.1) is 0 Å². The Hall–Kier alpha value is 1.48. The summed E-state index contributed by atoms with van der Waals surface area (Å²) in [6.07, 6.45) is 5.87. The molecule has 0 aromatic carbocycles. The van der Waals surface area contributed by atoms with Crippen molar-refractivity contribution in [1.82, 2.24) is 0 Å². The van der Waals surface area contributed by atoms with Crippen molar-refractivity contribution in [3.63, 3.8) is 0 Å². The van der Waals surface area contributed by atoms with Crippen molar-refractivity contribution < 1.29 is 0 Å². The predicted molar refractivity (Wildman–Crippen MR) is 63.1 cm³/mol. The highest BCUT2D eigenvalue weighted by atomic mass is 33.4. The van der Waals surface area contributed by atoms with Gasteiger partial charge >= 0.3 is 0 Å². The van der Waals surface area contributed by atoms with Crippen LogP contribution < -0.4 is 0 Å². The Morgan fingerprint density at radius 3 is 2.18 bits per heavy atom. The minimum Gasteiger partial charge on any atom is -0.0493 e. The molecule has 0 radical (unpaired) electrons. The van der Waals surface area contributed by atoms with Crippen LogP contribution in [0.2, 0.25) is 0 Å². The van der Waals surface area contributed by atoms with Gasteiger partial charge in [0.15, 0.2) is 4.87 Å². The Morgan fingerprint density at radius 1 is 1.09 bits per heavy atom. The van der Waals surface area contributed by atoms with Crippen LogP contribution >= 0.6 is 39.9 Å². The lowest BCUT2D eigenvalue weighted by atomic mass is 10.4. The van der Waals surface area contributed by atoms with E-state index in [9.17, 15) is 0 Å². The summed E-state index contributed by atoms with van der Waals surface area (Å²) in [7, 11) is 0. The summed E-state index contributed by atoms with van der Waals surface area (Å²) in [6.45, 7) is 0. The second-order valence-electron chi connectivity index (χ2n) is 3.17. The van der Waals surface area contributed by atoms with Gasteiger partial charge in [-0.3, -0.25) is 0 Å². The van der Waals surface area contributed by atoms with Crippen molar-refractivity contribution in [2.75, 3.05) is 11.5 Å². The zero-order valence-corrected chi connectivity index (χ0v) is 9.95. The molecule has 1 saturated heterocycles. The number of rotatable bonds is 1. The third-order valence-electron chi connectivity index (χ3n) is 2.42. The molecule has 0 spiro atoms. The summed E-state index contributed by atoms with van der Waals surface area (Å²) in [5.41, 5.74) is 1.00. The van der Waals surface area contributed by atoms with Gasteiger partial charge in [0, 0.05) is 46.5 Å². The lowest BCUT2D eigenvalue weighted by molar-refractivity contribution is 0.886. The topological polar surface area (TPSA) is 0 Å². The number of thiol groups is 1. The Labute approximate surface area is 82.6 Å². The van der Waals surface area contributed by atoms with E-state index in [1.54, 1.807) is 0 Å². The fraction of sp³-hybridized carbons (Fsp3) is 1.00. The molecule has 0 bridgehead atoms. The van der Waals surface area contributed by atoms with Crippen LogP contribution in [0.4, 0.5) is 0 Å². The molecule has 11 heavy (non-hydrogen) atoms. The number of hydrogen-bond donors (Lipinski definition) is 1. The van der Waals surface area contributed by atoms with Crippen LogP contribution in [-0.4, -0.2) is 17.2 Å². The summed E-state index contributed by atoms with van der Waals surface area (Å²) in [6, 6.07) is 0. The first kappa shape index (κ1) is 9.05. The highest BCUT2D eigenvalue weighted by Crippen LogP contribution is 2.90. The molecule has 1 aliphatic heterocycles. The highest BCUT2D eigenvalue weighted by molar-refractivity contribution is 9.16. The van der Waals surface area contributed by atoms with E-state index in [0.717, 1.165) is 5.66 Å². The van der Waals surface area contributed by atoms with E-state index in [0.29, 0.717) is 0 Å². The molecule has 0 N–H and O–H groups in total. The van der Waals surface area contributed by atoms with Crippen molar-refractivity contribution >= 4 is 39.9 Å². The average Bonchev–Trinajstić information content (AvgIpc) is 2.55.